The molecule has 0 radical (unpaired) electrons. The van der Waals surface area contributed by atoms with E-state index in [9.17, 15) is 23.5 Å². The van der Waals surface area contributed by atoms with Crippen LogP contribution in [0, 0.1) is 11.6 Å². The summed E-state index contributed by atoms with van der Waals surface area (Å²) in [5, 5.41) is 9.29. The van der Waals surface area contributed by atoms with Gasteiger partial charge in [-0.15, -0.1) is 0 Å². The Hall–Kier alpha value is -3.04. The second kappa shape index (κ2) is 7.76. The van der Waals surface area contributed by atoms with Gasteiger partial charge in [0.2, 0.25) is 0 Å². The zero-order chi connectivity index (χ0) is 20.5. The molecule has 0 bridgehead atoms. The molecule has 7 nitrogen and oxygen atoms in total. The largest absolute Gasteiger partial charge is 0.508 e. The minimum Gasteiger partial charge on any atom is -0.508 e. The number of aromatic hydroxyl groups is 1. The molecule has 2 aromatic rings. The Labute approximate surface area is 163 Å². The molecule has 4 atom stereocenters. The minimum absolute atomic E-state index is 0.0119. The molecule has 0 saturated carbocycles. The fourth-order valence-corrected chi connectivity index (χ4v) is 3.26. The molecule has 1 N–H and O–H groups in total. The molecule has 0 aromatic heterocycles. The van der Waals surface area contributed by atoms with Crippen LogP contribution in [0.3, 0.4) is 0 Å². The van der Waals surface area contributed by atoms with E-state index >= 15 is 0 Å². The predicted octanol–water partition coefficient (Wildman–Crippen LogP) is 2.22. The Kier molecular flexibility index (Phi) is 5.16. The summed E-state index contributed by atoms with van der Waals surface area (Å²) in [6, 6.07) is 8.29. The number of benzene rings is 2. The van der Waals surface area contributed by atoms with Gasteiger partial charge in [0, 0.05) is 0 Å². The first-order valence-corrected chi connectivity index (χ1v) is 8.81. The molecule has 4 unspecified atom stereocenters. The van der Waals surface area contributed by atoms with E-state index < -0.39 is 48.0 Å². The molecule has 0 spiro atoms. The Morgan fingerprint density at radius 2 is 1.34 bits per heavy atom. The van der Waals surface area contributed by atoms with Crippen LogP contribution >= 0.6 is 0 Å². The molecule has 2 aromatic carbocycles. The molecule has 0 amide bonds. The third-order valence-corrected chi connectivity index (χ3v) is 4.74. The highest BCUT2D eigenvalue weighted by Gasteiger charge is 2.51. The van der Waals surface area contributed by atoms with Crippen LogP contribution in [0.15, 0.2) is 42.5 Å². The van der Waals surface area contributed by atoms with Gasteiger partial charge < -0.3 is 24.1 Å². The van der Waals surface area contributed by atoms with Crippen molar-refractivity contribution >= 4 is 11.9 Å². The van der Waals surface area contributed by atoms with Gasteiger partial charge in [0.05, 0.1) is 24.3 Å². The summed E-state index contributed by atoms with van der Waals surface area (Å²) >= 11 is 0. The van der Waals surface area contributed by atoms with Gasteiger partial charge in [-0.1, -0.05) is 0 Å². The SMILES string of the molecule is O=C(OC1COC2C(OC(=O)c3ccc(F)c(F)c3)COC12)c1ccc(O)cc1. The Bertz CT molecular complexity index is 931. The summed E-state index contributed by atoms with van der Waals surface area (Å²) < 4.78 is 48.2. The Morgan fingerprint density at radius 1 is 0.828 bits per heavy atom. The highest BCUT2D eigenvalue weighted by atomic mass is 19.2. The number of hydrogen-bond donors (Lipinski definition) is 1. The quantitative estimate of drug-likeness (QED) is 0.779. The van der Waals surface area contributed by atoms with Crippen LogP contribution in [0.2, 0.25) is 0 Å². The van der Waals surface area contributed by atoms with Crippen LogP contribution in [0.25, 0.3) is 0 Å². The number of carbonyl (C=O) groups is 2. The van der Waals surface area contributed by atoms with Crippen LogP contribution in [0.4, 0.5) is 8.78 Å². The summed E-state index contributed by atoms with van der Waals surface area (Å²) in [7, 11) is 0. The summed E-state index contributed by atoms with van der Waals surface area (Å²) in [6.07, 6.45) is -2.76. The fourth-order valence-electron chi connectivity index (χ4n) is 3.26. The lowest BCUT2D eigenvalue weighted by Gasteiger charge is -2.17. The fraction of sp³-hybridized carbons (Fsp3) is 0.300. The number of ether oxygens (including phenoxy) is 4. The highest BCUT2D eigenvalue weighted by molar-refractivity contribution is 5.90. The van der Waals surface area contributed by atoms with Gasteiger partial charge in [-0.2, -0.15) is 0 Å². The van der Waals surface area contributed by atoms with Gasteiger partial charge in [0.25, 0.3) is 0 Å². The zero-order valence-corrected chi connectivity index (χ0v) is 14.9. The third kappa shape index (κ3) is 3.92. The van der Waals surface area contributed by atoms with Crippen molar-refractivity contribution in [1.82, 2.24) is 0 Å². The van der Waals surface area contributed by atoms with Crippen LogP contribution in [0.5, 0.6) is 5.75 Å². The number of halogens is 2. The summed E-state index contributed by atoms with van der Waals surface area (Å²) in [6.45, 7) is 0.0659. The van der Waals surface area contributed by atoms with Crippen LogP contribution in [-0.4, -0.2) is 54.7 Å². The number of phenolic OH excluding ortho intramolecular Hbond substituents is 1. The second-order valence-electron chi connectivity index (χ2n) is 6.66. The standard InChI is InChI=1S/C20H16F2O7/c21-13-6-3-11(7-14(13)22)20(25)29-16-9-27-17-15(8-26-18(16)17)28-19(24)10-1-4-12(23)5-2-10/h1-7,15-18,23H,8-9H2. The van der Waals surface area contributed by atoms with Crippen LogP contribution in [0.1, 0.15) is 20.7 Å². The van der Waals surface area contributed by atoms with E-state index in [-0.39, 0.29) is 30.1 Å². The summed E-state index contributed by atoms with van der Waals surface area (Å²) in [5.41, 5.74) is 0.117. The summed E-state index contributed by atoms with van der Waals surface area (Å²) in [5.74, 6) is -3.64. The Balaban J connectivity index is 1.37. The van der Waals surface area contributed by atoms with Crippen molar-refractivity contribution in [2.45, 2.75) is 24.4 Å². The third-order valence-electron chi connectivity index (χ3n) is 4.74. The lowest BCUT2D eigenvalue weighted by molar-refractivity contribution is -0.0287. The molecule has 2 aliphatic heterocycles. The molecule has 0 aliphatic carbocycles. The number of esters is 2. The predicted molar refractivity (Wildman–Crippen MR) is 92.4 cm³/mol. The van der Waals surface area contributed by atoms with E-state index in [1.54, 1.807) is 0 Å². The van der Waals surface area contributed by atoms with E-state index in [1.807, 2.05) is 0 Å². The normalized spacial score (nSPS) is 25.4. The lowest BCUT2D eigenvalue weighted by Crippen LogP contribution is -2.36. The van der Waals surface area contributed by atoms with Crippen LogP contribution in [-0.2, 0) is 18.9 Å². The molecule has 152 valence electrons. The molecule has 4 rings (SSSR count). The van der Waals surface area contributed by atoms with Crippen molar-refractivity contribution in [1.29, 1.82) is 0 Å². The van der Waals surface area contributed by atoms with Gasteiger partial charge in [0.1, 0.15) is 18.0 Å². The first-order chi connectivity index (χ1) is 13.9. The molecule has 2 heterocycles. The van der Waals surface area contributed by atoms with Crippen molar-refractivity contribution < 1.29 is 42.4 Å². The van der Waals surface area contributed by atoms with E-state index in [4.69, 9.17) is 18.9 Å². The van der Waals surface area contributed by atoms with Crippen molar-refractivity contribution in [3.63, 3.8) is 0 Å². The number of rotatable bonds is 4. The first-order valence-electron chi connectivity index (χ1n) is 8.81. The van der Waals surface area contributed by atoms with Gasteiger partial charge in [0.15, 0.2) is 23.8 Å². The maximum atomic E-state index is 13.3. The molecule has 2 fully saturated rings. The highest BCUT2D eigenvalue weighted by Crippen LogP contribution is 2.31. The number of carbonyl (C=O) groups excluding carboxylic acids is 2. The minimum atomic E-state index is -1.15. The van der Waals surface area contributed by atoms with Gasteiger partial charge >= 0.3 is 11.9 Å². The van der Waals surface area contributed by atoms with Crippen LogP contribution < -0.4 is 0 Å². The molecule has 9 heteroatoms. The van der Waals surface area contributed by atoms with Crippen molar-refractivity contribution in [3.05, 3.63) is 65.2 Å². The maximum Gasteiger partial charge on any atom is 0.338 e. The molecule has 2 saturated heterocycles. The van der Waals surface area contributed by atoms with Gasteiger partial charge in [-0.25, -0.2) is 18.4 Å². The van der Waals surface area contributed by atoms with E-state index in [0.717, 1.165) is 18.2 Å². The van der Waals surface area contributed by atoms with E-state index in [0.29, 0.717) is 0 Å². The number of phenols is 1. The van der Waals surface area contributed by atoms with Crippen molar-refractivity contribution in [2.75, 3.05) is 13.2 Å². The van der Waals surface area contributed by atoms with Crippen molar-refractivity contribution in [3.8, 4) is 5.75 Å². The van der Waals surface area contributed by atoms with E-state index in [1.165, 1.54) is 24.3 Å². The Morgan fingerprint density at radius 3 is 1.90 bits per heavy atom. The molecular weight excluding hydrogens is 390 g/mol. The molecule has 2 aliphatic rings. The summed E-state index contributed by atoms with van der Waals surface area (Å²) in [4.78, 5) is 24.4. The topological polar surface area (TPSA) is 91.3 Å². The number of hydrogen-bond acceptors (Lipinski definition) is 7. The van der Waals surface area contributed by atoms with Gasteiger partial charge in [-0.3, -0.25) is 0 Å². The monoisotopic (exact) mass is 406 g/mol. The lowest BCUT2D eigenvalue weighted by atomic mass is 10.1. The van der Waals surface area contributed by atoms with E-state index in [2.05, 4.69) is 0 Å². The van der Waals surface area contributed by atoms with Crippen molar-refractivity contribution in [2.24, 2.45) is 0 Å². The average molecular weight is 406 g/mol. The first kappa shape index (κ1) is 19.3. The average Bonchev–Trinajstić information content (AvgIpc) is 3.28. The maximum absolute atomic E-state index is 13.3. The smallest absolute Gasteiger partial charge is 0.338 e. The zero-order valence-electron chi connectivity index (χ0n) is 14.9. The second-order valence-corrected chi connectivity index (χ2v) is 6.66. The molecule has 29 heavy (non-hydrogen) atoms. The molecular formula is C20H16F2O7. The van der Waals surface area contributed by atoms with Gasteiger partial charge in [-0.05, 0) is 42.5 Å². The number of fused-ring (bicyclic) bond motifs is 1.